The van der Waals surface area contributed by atoms with Crippen LogP contribution in [0.5, 0.6) is 0 Å². The SMILES string of the molecule is FC(F)Sc1cccc2cccnc12. The maximum atomic E-state index is 12.2. The van der Waals surface area contributed by atoms with E-state index in [1.165, 1.54) is 0 Å². The molecule has 0 aliphatic carbocycles. The summed E-state index contributed by atoms with van der Waals surface area (Å²) in [4.78, 5) is 4.61. The van der Waals surface area contributed by atoms with Crippen LogP contribution in [0.15, 0.2) is 41.4 Å². The third-order valence-corrected chi connectivity index (χ3v) is 2.57. The number of benzene rings is 1. The summed E-state index contributed by atoms with van der Waals surface area (Å²) in [5.74, 6) is -2.40. The van der Waals surface area contributed by atoms with Gasteiger partial charge in [0.15, 0.2) is 0 Å². The standard InChI is InChI=1S/C10H7F2NS/c11-10(12)14-8-5-1-3-7-4-2-6-13-9(7)8/h1-6,10H. The van der Waals surface area contributed by atoms with E-state index < -0.39 is 5.76 Å². The molecule has 0 N–H and O–H groups in total. The van der Waals surface area contributed by atoms with E-state index >= 15 is 0 Å². The number of aromatic nitrogens is 1. The first kappa shape index (κ1) is 9.40. The molecule has 1 aromatic carbocycles. The largest absolute Gasteiger partial charge is 0.288 e. The van der Waals surface area contributed by atoms with Gasteiger partial charge in [0.05, 0.1) is 5.52 Å². The quantitative estimate of drug-likeness (QED) is 0.704. The molecule has 0 saturated heterocycles. The fourth-order valence-corrected chi connectivity index (χ4v) is 1.90. The Bertz CT molecular complexity index is 440. The van der Waals surface area contributed by atoms with Crippen LogP contribution in [-0.4, -0.2) is 10.7 Å². The fourth-order valence-electron chi connectivity index (χ4n) is 1.27. The minimum atomic E-state index is -2.40. The zero-order valence-corrected chi connectivity index (χ0v) is 7.97. The lowest BCUT2D eigenvalue weighted by Gasteiger charge is -2.03. The van der Waals surface area contributed by atoms with Gasteiger partial charge < -0.3 is 0 Å². The van der Waals surface area contributed by atoms with E-state index in [1.807, 2.05) is 12.1 Å². The molecular weight excluding hydrogens is 204 g/mol. The molecule has 2 aromatic rings. The molecule has 0 unspecified atom stereocenters. The van der Waals surface area contributed by atoms with E-state index in [9.17, 15) is 8.78 Å². The number of hydrogen-bond donors (Lipinski definition) is 0. The third kappa shape index (κ3) is 1.85. The van der Waals surface area contributed by atoms with Crippen molar-refractivity contribution in [3.8, 4) is 0 Å². The minimum Gasteiger partial charge on any atom is -0.255 e. The molecule has 0 aliphatic rings. The van der Waals surface area contributed by atoms with E-state index in [0.29, 0.717) is 22.2 Å². The molecule has 1 aromatic heterocycles. The normalized spacial score (nSPS) is 11.1. The number of pyridine rings is 1. The molecule has 0 fully saturated rings. The Kier molecular flexibility index (Phi) is 2.63. The van der Waals surface area contributed by atoms with Gasteiger partial charge in [-0.15, -0.1) is 0 Å². The minimum absolute atomic E-state index is 0.526. The van der Waals surface area contributed by atoms with Crippen molar-refractivity contribution in [2.24, 2.45) is 0 Å². The van der Waals surface area contributed by atoms with Crippen molar-refractivity contribution >= 4 is 22.7 Å². The summed E-state index contributed by atoms with van der Waals surface area (Å²) in [5.41, 5.74) is 0.639. The molecular formula is C10H7F2NS. The van der Waals surface area contributed by atoms with Gasteiger partial charge in [-0.3, -0.25) is 4.98 Å². The van der Waals surface area contributed by atoms with Gasteiger partial charge in [-0.25, -0.2) is 0 Å². The van der Waals surface area contributed by atoms with Crippen molar-refractivity contribution < 1.29 is 8.78 Å². The molecule has 0 atom stereocenters. The molecule has 1 heterocycles. The number of alkyl halides is 2. The van der Waals surface area contributed by atoms with Gasteiger partial charge in [0.25, 0.3) is 5.76 Å². The van der Waals surface area contributed by atoms with Crippen LogP contribution >= 0.6 is 11.8 Å². The van der Waals surface area contributed by atoms with Crippen molar-refractivity contribution in [3.05, 3.63) is 36.5 Å². The van der Waals surface area contributed by atoms with E-state index in [0.717, 1.165) is 5.39 Å². The average Bonchev–Trinajstić information content (AvgIpc) is 2.18. The molecule has 0 amide bonds. The average molecular weight is 211 g/mol. The second-order valence-electron chi connectivity index (χ2n) is 2.71. The highest BCUT2D eigenvalue weighted by Gasteiger charge is 2.08. The van der Waals surface area contributed by atoms with Gasteiger partial charge in [0.1, 0.15) is 0 Å². The summed E-state index contributed by atoms with van der Waals surface area (Å²) in [6.07, 6.45) is 1.61. The zero-order valence-electron chi connectivity index (χ0n) is 7.15. The molecule has 0 bridgehead atoms. The molecule has 0 aliphatic heterocycles. The summed E-state index contributed by atoms with van der Waals surface area (Å²) in [5, 5.41) is 0.887. The van der Waals surface area contributed by atoms with Gasteiger partial charge >= 0.3 is 0 Å². The van der Waals surface area contributed by atoms with Crippen molar-refractivity contribution in [1.29, 1.82) is 0 Å². The summed E-state index contributed by atoms with van der Waals surface area (Å²) < 4.78 is 24.4. The molecule has 14 heavy (non-hydrogen) atoms. The first-order valence-electron chi connectivity index (χ1n) is 4.06. The summed E-state index contributed by atoms with van der Waals surface area (Å²) in [6, 6.07) is 8.93. The second-order valence-corrected chi connectivity index (χ2v) is 3.74. The monoisotopic (exact) mass is 211 g/mol. The Labute approximate surface area is 84.2 Å². The Hall–Kier alpha value is -1.16. The highest BCUT2D eigenvalue weighted by Crippen LogP contribution is 2.30. The van der Waals surface area contributed by atoms with Gasteiger partial charge in [0.2, 0.25) is 0 Å². The van der Waals surface area contributed by atoms with E-state index in [2.05, 4.69) is 4.98 Å². The van der Waals surface area contributed by atoms with Crippen molar-refractivity contribution in [3.63, 3.8) is 0 Å². The molecule has 0 spiro atoms. The maximum absolute atomic E-state index is 12.2. The highest BCUT2D eigenvalue weighted by atomic mass is 32.2. The maximum Gasteiger partial charge on any atom is 0.288 e. The smallest absolute Gasteiger partial charge is 0.255 e. The first-order chi connectivity index (χ1) is 6.77. The summed E-state index contributed by atoms with van der Waals surface area (Å²) >= 11 is 0.532. The fraction of sp³-hybridized carbons (Fsp3) is 0.100. The number of thioether (sulfide) groups is 1. The third-order valence-electron chi connectivity index (χ3n) is 1.81. The van der Waals surface area contributed by atoms with Crippen LogP contribution in [-0.2, 0) is 0 Å². The van der Waals surface area contributed by atoms with E-state index in [-0.39, 0.29) is 0 Å². The van der Waals surface area contributed by atoms with Gasteiger partial charge in [-0.05, 0) is 12.1 Å². The van der Waals surface area contributed by atoms with Crippen LogP contribution in [0.25, 0.3) is 10.9 Å². The number of para-hydroxylation sites is 1. The number of fused-ring (bicyclic) bond motifs is 1. The van der Waals surface area contributed by atoms with Crippen LogP contribution in [0, 0.1) is 0 Å². The van der Waals surface area contributed by atoms with Crippen molar-refractivity contribution in [2.75, 3.05) is 0 Å². The van der Waals surface area contributed by atoms with Crippen LogP contribution in [0.3, 0.4) is 0 Å². The molecule has 0 saturated carbocycles. The van der Waals surface area contributed by atoms with Crippen LogP contribution in [0.2, 0.25) is 0 Å². The molecule has 1 nitrogen and oxygen atoms in total. The summed E-state index contributed by atoms with van der Waals surface area (Å²) in [7, 11) is 0. The molecule has 2 rings (SSSR count). The Morgan fingerprint density at radius 1 is 1.14 bits per heavy atom. The van der Waals surface area contributed by atoms with Gasteiger partial charge in [0, 0.05) is 16.5 Å². The molecule has 4 heteroatoms. The van der Waals surface area contributed by atoms with E-state index in [1.54, 1.807) is 24.4 Å². The predicted octanol–water partition coefficient (Wildman–Crippen LogP) is 3.55. The van der Waals surface area contributed by atoms with Crippen molar-refractivity contribution in [2.45, 2.75) is 10.7 Å². The lowest BCUT2D eigenvalue weighted by Crippen LogP contribution is -1.85. The first-order valence-corrected chi connectivity index (χ1v) is 4.94. The second kappa shape index (κ2) is 3.92. The lowest BCUT2D eigenvalue weighted by molar-refractivity contribution is 0.252. The Morgan fingerprint density at radius 3 is 2.71 bits per heavy atom. The van der Waals surface area contributed by atoms with Crippen LogP contribution < -0.4 is 0 Å². The topological polar surface area (TPSA) is 12.9 Å². The summed E-state index contributed by atoms with van der Waals surface area (Å²) in [6.45, 7) is 0. The Balaban J connectivity index is 2.53. The van der Waals surface area contributed by atoms with Crippen LogP contribution in [0.1, 0.15) is 0 Å². The zero-order chi connectivity index (χ0) is 9.97. The number of halogens is 2. The van der Waals surface area contributed by atoms with Gasteiger partial charge in [-0.2, -0.15) is 8.78 Å². The molecule has 72 valence electrons. The number of hydrogen-bond acceptors (Lipinski definition) is 2. The molecule has 0 radical (unpaired) electrons. The highest BCUT2D eigenvalue weighted by molar-refractivity contribution is 7.99. The van der Waals surface area contributed by atoms with Crippen LogP contribution in [0.4, 0.5) is 8.78 Å². The number of rotatable bonds is 2. The van der Waals surface area contributed by atoms with E-state index in [4.69, 9.17) is 0 Å². The Morgan fingerprint density at radius 2 is 1.93 bits per heavy atom. The van der Waals surface area contributed by atoms with Crippen molar-refractivity contribution in [1.82, 2.24) is 4.98 Å². The predicted molar refractivity (Wildman–Crippen MR) is 53.6 cm³/mol. The number of nitrogens with zero attached hydrogens (tertiary/aromatic N) is 1. The lowest BCUT2D eigenvalue weighted by atomic mass is 10.2. The van der Waals surface area contributed by atoms with Gasteiger partial charge in [-0.1, -0.05) is 30.0 Å².